The lowest BCUT2D eigenvalue weighted by Gasteiger charge is -2.26. The first-order chi connectivity index (χ1) is 8.44. The van der Waals surface area contributed by atoms with Gasteiger partial charge in [0, 0.05) is 7.11 Å². The standard InChI is InChI=1S/C13H18O5/c1-13(2,16-3)17-9-11(18-12(14)15)10-7-5-4-6-8-10/h4-8,11H,9H2,1-3H3,(H,14,15). The van der Waals surface area contributed by atoms with Crippen molar-refractivity contribution in [1.29, 1.82) is 0 Å². The van der Waals surface area contributed by atoms with Crippen LogP contribution in [0.25, 0.3) is 0 Å². The summed E-state index contributed by atoms with van der Waals surface area (Å²) >= 11 is 0. The highest BCUT2D eigenvalue weighted by Crippen LogP contribution is 2.21. The molecule has 0 radical (unpaired) electrons. The summed E-state index contributed by atoms with van der Waals surface area (Å²) < 4.78 is 15.4. The molecule has 0 aliphatic heterocycles. The number of ether oxygens (including phenoxy) is 3. The van der Waals surface area contributed by atoms with Crippen LogP contribution in [0.4, 0.5) is 4.79 Å². The Morgan fingerprint density at radius 2 is 1.94 bits per heavy atom. The molecule has 0 aliphatic carbocycles. The van der Waals surface area contributed by atoms with Gasteiger partial charge in [-0.25, -0.2) is 4.79 Å². The number of carbonyl (C=O) groups is 1. The molecule has 0 bridgehead atoms. The molecule has 100 valence electrons. The van der Waals surface area contributed by atoms with E-state index in [0.717, 1.165) is 5.56 Å². The lowest BCUT2D eigenvalue weighted by atomic mass is 10.1. The van der Waals surface area contributed by atoms with Gasteiger partial charge in [0.1, 0.15) is 0 Å². The Morgan fingerprint density at radius 3 is 2.44 bits per heavy atom. The van der Waals surface area contributed by atoms with E-state index in [1.54, 1.807) is 26.0 Å². The van der Waals surface area contributed by atoms with Crippen LogP contribution in [0.1, 0.15) is 25.5 Å². The first kappa shape index (κ1) is 14.5. The van der Waals surface area contributed by atoms with Gasteiger partial charge in [0.25, 0.3) is 0 Å². The molecule has 5 nitrogen and oxygen atoms in total. The molecule has 1 atom stereocenters. The molecule has 5 heteroatoms. The van der Waals surface area contributed by atoms with E-state index in [0.29, 0.717) is 0 Å². The minimum atomic E-state index is -1.33. The van der Waals surface area contributed by atoms with Crippen molar-refractivity contribution in [2.24, 2.45) is 0 Å². The van der Waals surface area contributed by atoms with Crippen LogP contribution in [-0.2, 0) is 14.2 Å². The zero-order chi connectivity index (χ0) is 13.6. The Hall–Kier alpha value is -1.59. The van der Waals surface area contributed by atoms with E-state index in [-0.39, 0.29) is 6.61 Å². The van der Waals surface area contributed by atoms with E-state index in [2.05, 4.69) is 0 Å². The van der Waals surface area contributed by atoms with Crippen LogP contribution in [-0.4, -0.2) is 30.8 Å². The summed E-state index contributed by atoms with van der Waals surface area (Å²) in [5, 5.41) is 8.72. The van der Waals surface area contributed by atoms with Gasteiger partial charge < -0.3 is 19.3 Å². The first-order valence-electron chi connectivity index (χ1n) is 5.58. The third kappa shape index (κ3) is 4.73. The highest BCUT2D eigenvalue weighted by Gasteiger charge is 2.22. The Balaban J connectivity index is 2.71. The molecule has 18 heavy (non-hydrogen) atoms. The summed E-state index contributed by atoms with van der Waals surface area (Å²) in [6.45, 7) is 3.59. The second-order valence-corrected chi connectivity index (χ2v) is 4.20. The lowest BCUT2D eigenvalue weighted by molar-refractivity contribution is -0.210. The molecule has 0 aromatic heterocycles. The van der Waals surface area contributed by atoms with Gasteiger partial charge in [-0.3, -0.25) is 0 Å². The topological polar surface area (TPSA) is 65.0 Å². The Morgan fingerprint density at radius 1 is 1.33 bits per heavy atom. The van der Waals surface area contributed by atoms with Crippen molar-refractivity contribution in [1.82, 2.24) is 0 Å². The van der Waals surface area contributed by atoms with Crippen LogP contribution in [0.15, 0.2) is 30.3 Å². The number of benzene rings is 1. The third-order valence-corrected chi connectivity index (χ3v) is 2.49. The molecule has 0 fully saturated rings. The van der Waals surface area contributed by atoms with E-state index < -0.39 is 18.0 Å². The minimum Gasteiger partial charge on any atom is -0.450 e. The van der Waals surface area contributed by atoms with Gasteiger partial charge in [-0.1, -0.05) is 30.3 Å². The normalized spacial score (nSPS) is 13.1. The molecule has 0 amide bonds. The number of rotatable bonds is 6. The maximum atomic E-state index is 10.7. The Kier molecular flexibility index (Phi) is 5.12. The minimum absolute atomic E-state index is 0.0944. The van der Waals surface area contributed by atoms with Crippen molar-refractivity contribution in [3.8, 4) is 0 Å². The Labute approximate surface area is 106 Å². The summed E-state index contributed by atoms with van der Waals surface area (Å²) in [5.41, 5.74) is 0.742. The predicted octanol–water partition coefficient (Wildman–Crippen LogP) is 2.82. The van der Waals surface area contributed by atoms with Crippen molar-refractivity contribution in [3.05, 3.63) is 35.9 Å². The lowest BCUT2D eigenvalue weighted by Crippen LogP contribution is -2.30. The second-order valence-electron chi connectivity index (χ2n) is 4.20. The van der Waals surface area contributed by atoms with Gasteiger partial charge >= 0.3 is 6.16 Å². The highest BCUT2D eigenvalue weighted by molar-refractivity contribution is 5.57. The number of carboxylic acid groups (broad SMARTS) is 1. The molecule has 0 saturated carbocycles. The molecule has 0 saturated heterocycles. The van der Waals surface area contributed by atoms with Gasteiger partial charge in [-0.15, -0.1) is 0 Å². The summed E-state index contributed by atoms with van der Waals surface area (Å²) in [4.78, 5) is 10.7. The van der Waals surface area contributed by atoms with Crippen LogP contribution in [0.2, 0.25) is 0 Å². The average Bonchev–Trinajstić information content (AvgIpc) is 2.35. The average molecular weight is 254 g/mol. The molecule has 1 N–H and O–H groups in total. The van der Waals surface area contributed by atoms with E-state index >= 15 is 0 Å². The van der Waals surface area contributed by atoms with Crippen molar-refractivity contribution < 1.29 is 24.1 Å². The fourth-order valence-corrected chi connectivity index (χ4v) is 1.32. The molecule has 1 unspecified atom stereocenters. The summed E-state index contributed by atoms with van der Waals surface area (Å²) in [7, 11) is 1.52. The number of methoxy groups -OCH3 is 1. The fourth-order valence-electron chi connectivity index (χ4n) is 1.32. The largest absolute Gasteiger partial charge is 0.506 e. The van der Waals surface area contributed by atoms with Gasteiger partial charge in [-0.05, 0) is 19.4 Å². The van der Waals surface area contributed by atoms with Gasteiger partial charge in [-0.2, -0.15) is 0 Å². The van der Waals surface area contributed by atoms with E-state index in [1.807, 2.05) is 18.2 Å². The smallest absolute Gasteiger partial charge is 0.450 e. The molecule has 0 spiro atoms. The van der Waals surface area contributed by atoms with Crippen molar-refractivity contribution in [2.75, 3.05) is 13.7 Å². The van der Waals surface area contributed by atoms with Gasteiger partial charge in [0.05, 0.1) is 6.61 Å². The second kappa shape index (κ2) is 6.37. The monoisotopic (exact) mass is 254 g/mol. The molecule has 0 heterocycles. The maximum absolute atomic E-state index is 10.7. The summed E-state index contributed by atoms with van der Waals surface area (Å²) in [5.74, 6) is -0.783. The van der Waals surface area contributed by atoms with Crippen LogP contribution in [0, 0.1) is 0 Å². The number of hydrogen-bond donors (Lipinski definition) is 1. The molecule has 0 aliphatic rings. The van der Waals surface area contributed by atoms with E-state index in [4.69, 9.17) is 19.3 Å². The molecule has 1 aromatic rings. The predicted molar refractivity (Wildman–Crippen MR) is 65.3 cm³/mol. The van der Waals surface area contributed by atoms with Gasteiger partial charge in [0.15, 0.2) is 11.9 Å². The van der Waals surface area contributed by atoms with Crippen molar-refractivity contribution in [3.63, 3.8) is 0 Å². The summed E-state index contributed by atoms with van der Waals surface area (Å²) in [6, 6.07) is 9.05. The van der Waals surface area contributed by atoms with Crippen molar-refractivity contribution in [2.45, 2.75) is 25.7 Å². The summed E-state index contributed by atoms with van der Waals surface area (Å²) in [6.07, 6.45) is -2.00. The molecular weight excluding hydrogens is 236 g/mol. The Bertz CT molecular complexity index is 374. The zero-order valence-electron chi connectivity index (χ0n) is 10.8. The van der Waals surface area contributed by atoms with Crippen LogP contribution in [0.5, 0.6) is 0 Å². The molecule has 1 aromatic carbocycles. The maximum Gasteiger partial charge on any atom is 0.506 e. The van der Waals surface area contributed by atoms with Crippen molar-refractivity contribution >= 4 is 6.16 Å². The van der Waals surface area contributed by atoms with Crippen LogP contribution in [0.3, 0.4) is 0 Å². The quantitative estimate of drug-likeness (QED) is 0.624. The van der Waals surface area contributed by atoms with Crippen LogP contribution < -0.4 is 0 Å². The van der Waals surface area contributed by atoms with Crippen LogP contribution >= 0.6 is 0 Å². The first-order valence-corrected chi connectivity index (χ1v) is 5.58. The zero-order valence-corrected chi connectivity index (χ0v) is 10.8. The third-order valence-electron chi connectivity index (χ3n) is 2.49. The molecular formula is C13H18O5. The van der Waals surface area contributed by atoms with E-state index in [1.165, 1.54) is 7.11 Å². The highest BCUT2D eigenvalue weighted by atomic mass is 16.7. The fraction of sp³-hybridized carbons (Fsp3) is 0.462. The van der Waals surface area contributed by atoms with E-state index in [9.17, 15) is 4.79 Å². The van der Waals surface area contributed by atoms with Gasteiger partial charge in [0.2, 0.25) is 0 Å². The SMILES string of the molecule is COC(C)(C)OCC(OC(=O)O)c1ccccc1. The molecule has 1 rings (SSSR count). The number of hydrogen-bond acceptors (Lipinski definition) is 4.